The van der Waals surface area contributed by atoms with Crippen molar-refractivity contribution in [3.63, 3.8) is 0 Å². The third-order valence-electron chi connectivity index (χ3n) is 2.17. The second-order valence-corrected chi connectivity index (χ2v) is 5.13. The molecule has 1 aromatic rings. The van der Waals surface area contributed by atoms with Gasteiger partial charge >= 0.3 is 24.2 Å². The Morgan fingerprint density at radius 2 is 1.74 bits per heavy atom. The lowest BCUT2D eigenvalue weighted by Crippen LogP contribution is -2.29. The fraction of sp³-hybridized carbons (Fsp3) is 0.333. The highest BCUT2D eigenvalue weighted by Crippen LogP contribution is 2.24. The third-order valence-corrected chi connectivity index (χ3v) is 3.12. The van der Waals surface area contributed by atoms with Crippen molar-refractivity contribution in [2.75, 3.05) is 17.7 Å². The van der Waals surface area contributed by atoms with Gasteiger partial charge in [-0.2, -0.15) is 26.3 Å². The number of hydrogen-bond acceptors (Lipinski definition) is 4. The number of carbonyl (C=O) groups is 2. The number of halogens is 6. The Morgan fingerprint density at radius 3 is 2.30 bits per heavy atom. The molecule has 1 amide bonds. The number of benzene rings is 1. The van der Waals surface area contributed by atoms with Crippen molar-refractivity contribution < 1.29 is 40.7 Å². The first kappa shape index (κ1) is 19.1. The summed E-state index contributed by atoms with van der Waals surface area (Å²) < 4.78 is 75.8. The minimum atomic E-state index is -5.08. The molecule has 0 fully saturated rings. The summed E-state index contributed by atoms with van der Waals surface area (Å²) in [5, 5.41) is 1.64. The second kappa shape index (κ2) is 7.57. The van der Waals surface area contributed by atoms with Crippen LogP contribution in [0.25, 0.3) is 0 Å². The van der Waals surface area contributed by atoms with Gasteiger partial charge in [-0.15, -0.1) is 11.8 Å². The number of nitrogens with one attached hydrogen (secondary N) is 1. The maximum atomic E-state index is 12.1. The van der Waals surface area contributed by atoms with E-state index in [2.05, 4.69) is 4.74 Å². The van der Waals surface area contributed by atoms with Crippen molar-refractivity contribution in [2.45, 2.75) is 17.2 Å². The molecule has 11 heteroatoms. The lowest BCUT2D eigenvalue weighted by atomic mass is 10.3. The summed E-state index contributed by atoms with van der Waals surface area (Å²) in [5.74, 6) is -4.50. The van der Waals surface area contributed by atoms with Gasteiger partial charge in [-0.05, 0) is 18.2 Å². The van der Waals surface area contributed by atoms with E-state index in [1.165, 1.54) is 24.3 Å². The molecule has 128 valence electrons. The summed E-state index contributed by atoms with van der Waals surface area (Å²) in [6, 6.07) is 5.26. The third kappa shape index (κ3) is 6.80. The molecule has 0 unspecified atom stereocenters. The van der Waals surface area contributed by atoms with Crippen molar-refractivity contribution in [3.05, 3.63) is 24.3 Å². The van der Waals surface area contributed by atoms with Crippen LogP contribution in [0.3, 0.4) is 0 Å². The molecule has 0 aromatic heterocycles. The van der Waals surface area contributed by atoms with E-state index < -0.39 is 30.8 Å². The van der Waals surface area contributed by atoms with Crippen molar-refractivity contribution in [1.82, 2.24) is 0 Å². The van der Waals surface area contributed by atoms with Gasteiger partial charge in [0.25, 0.3) is 0 Å². The van der Waals surface area contributed by atoms with E-state index in [0.29, 0.717) is 4.90 Å². The van der Waals surface area contributed by atoms with Crippen LogP contribution in [0.4, 0.5) is 32.0 Å². The first-order chi connectivity index (χ1) is 10.5. The van der Waals surface area contributed by atoms with Gasteiger partial charge in [0.2, 0.25) is 0 Å². The van der Waals surface area contributed by atoms with E-state index in [1.54, 1.807) is 5.32 Å². The van der Waals surface area contributed by atoms with E-state index in [4.69, 9.17) is 0 Å². The molecule has 0 spiro atoms. The predicted molar refractivity (Wildman–Crippen MR) is 68.9 cm³/mol. The molecule has 1 aromatic carbocycles. The van der Waals surface area contributed by atoms with Gasteiger partial charge in [0, 0.05) is 16.3 Å². The number of alkyl halides is 6. The normalized spacial score (nSPS) is 11.9. The molecule has 1 N–H and O–H groups in total. The van der Waals surface area contributed by atoms with Crippen LogP contribution in [-0.4, -0.2) is 36.6 Å². The molecule has 0 saturated heterocycles. The second-order valence-electron chi connectivity index (χ2n) is 3.96. The molecule has 23 heavy (non-hydrogen) atoms. The first-order valence-electron chi connectivity index (χ1n) is 5.85. The Labute approximate surface area is 130 Å². The molecule has 0 atom stereocenters. The van der Waals surface area contributed by atoms with Gasteiger partial charge < -0.3 is 10.1 Å². The molecule has 4 nitrogen and oxygen atoms in total. The number of rotatable bonds is 5. The summed E-state index contributed by atoms with van der Waals surface area (Å²) >= 11 is 0.945. The van der Waals surface area contributed by atoms with Gasteiger partial charge in [-0.25, -0.2) is 4.79 Å². The summed E-state index contributed by atoms with van der Waals surface area (Å²) in [7, 11) is 0. The van der Waals surface area contributed by atoms with Crippen molar-refractivity contribution in [2.24, 2.45) is 0 Å². The van der Waals surface area contributed by atoms with Gasteiger partial charge in [-0.1, -0.05) is 6.07 Å². The topological polar surface area (TPSA) is 55.4 Å². The minimum Gasteiger partial charge on any atom is -0.458 e. The van der Waals surface area contributed by atoms with Gasteiger partial charge in [0.1, 0.15) is 6.61 Å². The Kier molecular flexibility index (Phi) is 6.30. The molecule has 0 heterocycles. The van der Waals surface area contributed by atoms with Crippen LogP contribution >= 0.6 is 11.8 Å². The molecule has 1 rings (SSSR count). The summed E-state index contributed by atoms with van der Waals surface area (Å²) in [6.45, 7) is -0.526. The van der Waals surface area contributed by atoms with Crippen LogP contribution < -0.4 is 5.32 Å². The van der Waals surface area contributed by atoms with Crippen LogP contribution in [0.15, 0.2) is 29.2 Å². The largest absolute Gasteiger partial charge is 0.490 e. The predicted octanol–water partition coefficient (Wildman–Crippen LogP) is 3.39. The van der Waals surface area contributed by atoms with Crippen LogP contribution in [-0.2, 0) is 14.3 Å². The Balaban J connectivity index is 2.49. The molecule has 0 aliphatic rings. The van der Waals surface area contributed by atoms with Crippen molar-refractivity contribution in [1.29, 1.82) is 0 Å². The maximum Gasteiger partial charge on any atom is 0.490 e. The van der Waals surface area contributed by atoms with Crippen LogP contribution in [0.5, 0.6) is 0 Å². The number of esters is 1. The van der Waals surface area contributed by atoms with Crippen LogP contribution in [0.2, 0.25) is 0 Å². The highest BCUT2D eigenvalue weighted by Gasteiger charge is 2.40. The van der Waals surface area contributed by atoms with E-state index in [9.17, 15) is 35.9 Å². The highest BCUT2D eigenvalue weighted by molar-refractivity contribution is 7.99. The summed E-state index contributed by atoms with van der Waals surface area (Å²) in [5.41, 5.74) is -0.121. The fourth-order valence-electron chi connectivity index (χ4n) is 1.24. The fourth-order valence-corrected chi connectivity index (χ4v) is 2.03. The Hall–Kier alpha value is -1.91. The van der Waals surface area contributed by atoms with E-state index in [1.807, 2.05) is 0 Å². The molecule has 0 saturated carbocycles. The number of hydrogen-bond donors (Lipinski definition) is 1. The Morgan fingerprint density at radius 1 is 1.09 bits per heavy atom. The van der Waals surface area contributed by atoms with E-state index in [0.717, 1.165) is 11.8 Å². The zero-order chi connectivity index (χ0) is 17.7. The smallest absolute Gasteiger partial charge is 0.458 e. The molecule has 0 radical (unpaired) electrons. The van der Waals surface area contributed by atoms with Crippen LogP contribution in [0, 0.1) is 0 Å². The standard InChI is InChI=1S/C12H9F6NO3S/c13-11(14,15)9(20)19-7-2-1-3-8(6-7)23-5-4-22-10(21)12(16,17)18/h1-3,6H,4-5H2,(H,19,20). The SMILES string of the molecule is O=C(Nc1cccc(SCCOC(=O)C(F)(F)F)c1)C(F)(F)F. The molecule has 0 aliphatic heterocycles. The number of carbonyl (C=O) groups excluding carboxylic acids is 2. The summed E-state index contributed by atoms with van der Waals surface area (Å²) in [6.07, 6.45) is -10.1. The first-order valence-corrected chi connectivity index (χ1v) is 6.83. The van der Waals surface area contributed by atoms with Crippen LogP contribution in [0.1, 0.15) is 0 Å². The van der Waals surface area contributed by atoms with Gasteiger partial charge in [0.15, 0.2) is 0 Å². The number of thioether (sulfide) groups is 1. The molecule has 0 aliphatic carbocycles. The maximum absolute atomic E-state index is 12.1. The Bertz CT molecular complexity index is 573. The number of ether oxygens (including phenoxy) is 1. The molecule has 0 bridgehead atoms. The molecular weight excluding hydrogens is 352 g/mol. The average molecular weight is 361 g/mol. The summed E-state index contributed by atoms with van der Waals surface area (Å²) in [4.78, 5) is 21.6. The number of anilines is 1. The van der Waals surface area contributed by atoms with Crippen molar-refractivity contribution in [3.8, 4) is 0 Å². The lowest BCUT2D eigenvalue weighted by molar-refractivity contribution is -0.199. The van der Waals surface area contributed by atoms with Gasteiger partial charge in [0.05, 0.1) is 0 Å². The molecular formula is C12H9F6NO3S. The lowest BCUT2D eigenvalue weighted by Gasteiger charge is -2.09. The monoisotopic (exact) mass is 361 g/mol. The number of amides is 1. The van der Waals surface area contributed by atoms with E-state index in [-0.39, 0.29) is 11.4 Å². The average Bonchev–Trinajstić information content (AvgIpc) is 2.41. The van der Waals surface area contributed by atoms with Gasteiger partial charge in [-0.3, -0.25) is 4.79 Å². The van der Waals surface area contributed by atoms with E-state index >= 15 is 0 Å². The zero-order valence-electron chi connectivity index (χ0n) is 11.1. The van der Waals surface area contributed by atoms with Crippen molar-refractivity contribution >= 4 is 29.3 Å². The highest BCUT2D eigenvalue weighted by atomic mass is 32.2. The minimum absolute atomic E-state index is 0.0432. The zero-order valence-corrected chi connectivity index (χ0v) is 11.9. The quantitative estimate of drug-likeness (QED) is 0.378.